The lowest BCUT2D eigenvalue weighted by Gasteiger charge is -2.28. The number of esters is 1. The van der Waals surface area contributed by atoms with Crippen molar-refractivity contribution in [2.75, 3.05) is 54.1 Å². The largest absolute Gasteiger partial charge is 0.756 e. The molecule has 0 spiro atoms. The first-order chi connectivity index (χ1) is 34.6. The van der Waals surface area contributed by atoms with Crippen molar-refractivity contribution < 1.29 is 37.3 Å². The lowest BCUT2D eigenvalue weighted by atomic mass is 10.0. The Labute approximate surface area is 442 Å². The average molecular weight is 1020 g/mol. The third-order valence-electron chi connectivity index (χ3n) is 13.7. The van der Waals surface area contributed by atoms with Crippen LogP contribution in [0.4, 0.5) is 0 Å². The number of quaternary nitrogens is 1. The summed E-state index contributed by atoms with van der Waals surface area (Å²) in [5, 5.41) is 0. The number of rotatable bonds is 58. The Morgan fingerprint density at radius 2 is 0.775 bits per heavy atom. The van der Waals surface area contributed by atoms with Crippen molar-refractivity contribution >= 4 is 13.8 Å². The molecule has 8 nitrogen and oxygen atoms in total. The van der Waals surface area contributed by atoms with Crippen molar-refractivity contribution in [2.24, 2.45) is 0 Å². The van der Waals surface area contributed by atoms with E-state index in [0.29, 0.717) is 24.1 Å². The van der Waals surface area contributed by atoms with Gasteiger partial charge >= 0.3 is 5.97 Å². The summed E-state index contributed by atoms with van der Waals surface area (Å²) in [6, 6.07) is 0. The van der Waals surface area contributed by atoms with Gasteiger partial charge in [-0.15, -0.1) is 0 Å². The highest BCUT2D eigenvalue weighted by molar-refractivity contribution is 7.45. The number of unbranched alkanes of at least 4 members (excludes halogenated alkanes) is 38. The maximum absolute atomic E-state index is 12.8. The summed E-state index contributed by atoms with van der Waals surface area (Å²) in [6.45, 7) is 5.46. The first-order valence-corrected chi connectivity index (χ1v) is 32.2. The highest BCUT2D eigenvalue weighted by Crippen LogP contribution is 2.38. The lowest BCUT2D eigenvalue weighted by molar-refractivity contribution is -0.870. The second kappa shape index (κ2) is 55.0. The van der Waals surface area contributed by atoms with Crippen LogP contribution in [0.3, 0.4) is 0 Å². The molecular weight excluding hydrogens is 902 g/mol. The summed E-state index contributed by atoms with van der Waals surface area (Å²) < 4.78 is 34.9. The fourth-order valence-corrected chi connectivity index (χ4v) is 9.70. The van der Waals surface area contributed by atoms with E-state index >= 15 is 0 Å². The minimum atomic E-state index is -4.54. The van der Waals surface area contributed by atoms with Crippen LogP contribution in [0.1, 0.15) is 296 Å². The summed E-state index contributed by atoms with van der Waals surface area (Å²) in [5.74, 6) is -0.328. The maximum atomic E-state index is 12.8. The van der Waals surface area contributed by atoms with Gasteiger partial charge in [0.25, 0.3) is 7.82 Å². The Morgan fingerprint density at radius 3 is 1.15 bits per heavy atom. The van der Waals surface area contributed by atoms with Gasteiger partial charge in [0, 0.05) is 13.0 Å². The summed E-state index contributed by atoms with van der Waals surface area (Å²) in [5.41, 5.74) is 0. The zero-order chi connectivity index (χ0) is 51.9. The average Bonchev–Trinajstić information content (AvgIpc) is 3.33. The van der Waals surface area contributed by atoms with Crippen LogP contribution in [-0.4, -0.2) is 70.7 Å². The predicted molar refractivity (Wildman–Crippen MR) is 305 cm³/mol. The van der Waals surface area contributed by atoms with Gasteiger partial charge in [-0.2, -0.15) is 0 Å². The highest BCUT2D eigenvalue weighted by atomic mass is 31.2. The minimum absolute atomic E-state index is 0.0274. The Bertz CT molecular complexity index is 1230. The van der Waals surface area contributed by atoms with E-state index in [1.807, 2.05) is 21.1 Å². The second-order valence-electron chi connectivity index (χ2n) is 22.1. The van der Waals surface area contributed by atoms with Crippen LogP contribution in [0.15, 0.2) is 36.5 Å². The van der Waals surface area contributed by atoms with Crippen molar-refractivity contribution in [3.63, 3.8) is 0 Å². The van der Waals surface area contributed by atoms with Gasteiger partial charge in [0.2, 0.25) is 0 Å². The van der Waals surface area contributed by atoms with E-state index in [9.17, 15) is 14.3 Å². The third-order valence-corrected chi connectivity index (χ3v) is 14.7. The molecule has 0 amide bonds. The second-order valence-corrected chi connectivity index (χ2v) is 23.5. The summed E-state index contributed by atoms with van der Waals surface area (Å²) in [7, 11) is 1.37. The molecule has 0 aromatic carbocycles. The molecule has 0 aromatic rings. The van der Waals surface area contributed by atoms with E-state index in [1.165, 1.54) is 231 Å². The Kier molecular flexibility index (Phi) is 54.0. The Morgan fingerprint density at radius 1 is 0.437 bits per heavy atom. The fourth-order valence-electron chi connectivity index (χ4n) is 8.97. The minimum Gasteiger partial charge on any atom is -0.756 e. The number of phosphoric ester groups is 1. The number of carbonyl (C=O) groups excluding carboxylic acids is 1. The van der Waals surface area contributed by atoms with Crippen molar-refractivity contribution in [3.05, 3.63) is 36.5 Å². The van der Waals surface area contributed by atoms with Gasteiger partial charge in [0.05, 0.1) is 34.4 Å². The molecule has 0 aromatic heterocycles. The topological polar surface area (TPSA) is 94.1 Å². The van der Waals surface area contributed by atoms with Crippen LogP contribution in [-0.2, 0) is 27.9 Å². The first kappa shape index (κ1) is 69.7. The highest BCUT2D eigenvalue weighted by Gasteiger charge is 2.20. The molecule has 0 aliphatic rings. The van der Waals surface area contributed by atoms with Gasteiger partial charge in [-0.1, -0.05) is 275 Å². The molecule has 9 heteroatoms. The molecule has 71 heavy (non-hydrogen) atoms. The molecule has 0 saturated heterocycles. The molecular formula is C62H120NO7P. The van der Waals surface area contributed by atoms with E-state index in [2.05, 4.69) is 50.3 Å². The van der Waals surface area contributed by atoms with Gasteiger partial charge in [0.15, 0.2) is 0 Å². The summed E-state index contributed by atoms with van der Waals surface area (Å²) >= 11 is 0. The number of ether oxygens (including phenoxy) is 2. The molecule has 0 radical (unpaired) electrons. The van der Waals surface area contributed by atoms with Crippen molar-refractivity contribution in [1.82, 2.24) is 0 Å². The van der Waals surface area contributed by atoms with Gasteiger partial charge in [-0.3, -0.25) is 9.36 Å². The Balaban J connectivity index is 4.02. The summed E-state index contributed by atoms with van der Waals surface area (Å²) in [6.07, 6.45) is 69.1. The lowest BCUT2D eigenvalue weighted by Crippen LogP contribution is -2.37. The maximum Gasteiger partial charge on any atom is 0.306 e. The van der Waals surface area contributed by atoms with Crippen LogP contribution in [0.5, 0.6) is 0 Å². The molecule has 0 rings (SSSR count). The Hall–Kier alpha value is -1.28. The monoisotopic (exact) mass is 1020 g/mol. The number of hydrogen-bond acceptors (Lipinski definition) is 7. The van der Waals surface area contributed by atoms with E-state index < -0.39 is 13.9 Å². The van der Waals surface area contributed by atoms with Gasteiger partial charge in [-0.25, -0.2) is 0 Å². The zero-order valence-electron chi connectivity index (χ0n) is 47.9. The molecule has 2 atom stereocenters. The van der Waals surface area contributed by atoms with Crippen LogP contribution in [0.25, 0.3) is 0 Å². The van der Waals surface area contributed by atoms with Crippen molar-refractivity contribution in [3.8, 4) is 0 Å². The molecule has 0 aliphatic heterocycles. The number of likely N-dealkylation sites (N-methyl/N-ethyl adjacent to an activating group) is 1. The summed E-state index contributed by atoms with van der Waals surface area (Å²) in [4.78, 5) is 25.3. The molecule has 0 fully saturated rings. The quantitative estimate of drug-likeness (QED) is 0.0197. The molecule has 420 valence electrons. The first-order valence-electron chi connectivity index (χ1n) is 30.7. The van der Waals surface area contributed by atoms with Gasteiger partial charge in [0.1, 0.15) is 19.3 Å². The number of carbonyl (C=O) groups is 1. The van der Waals surface area contributed by atoms with Crippen LogP contribution < -0.4 is 4.89 Å². The van der Waals surface area contributed by atoms with E-state index in [1.54, 1.807) is 0 Å². The number of phosphoric acid groups is 1. The van der Waals surface area contributed by atoms with E-state index in [0.717, 1.165) is 44.9 Å². The SMILES string of the molecule is CCCCCCC/C=C\C/C=C\C/C=C\CCCCCCCCCCCCCOCC(COP(=O)([O-])OCC[N+](C)(C)C)OC(=O)CCCCCCCCCCCCCCCCCCCCCCCCC. The molecule has 0 N–H and O–H groups in total. The van der Waals surface area contributed by atoms with Crippen molar-refractivity contribution in [1.29, 1.82) is 0 Å². The fraction of sp³-hybridized carbons (Fsp3) is 0.887. The molecule has 0 saturated carbocycles. The van der Waals surface area contributed by atoms with Crippen LogP contribution in [0, 0.1) is 0 Å². The van der Waals surface area contributed by atoms with Crippen LogP contribution in [0.2, 0.25) is 0 Å². The molecule has 0 heterocycles. The zero-order valence-corrected chi connectivity index (χ0v) is 48.8. The standard InChI is InChI=1S/C62H120NO7P/c1-6-8-10-12-14-16-18-20-22-24-26-28-30-31-32-34-36-38-40-42-44-46-48-50-52-54-57-67-59-61(60-69-71(65,66)68-58-56-63(3,4)5)70-62(64)55-53-51-49-47-45-43-41-39-37-35-33-29-27-25-23-21-19-17-15-13-11-9-7-2/h18,20,24,26,30-31,61H,6-17,19,21-23,25,27-29,32-60H2,1-5H3/b20-18-,26-24-,31-30-. The van der Waals surface area contributed by atoms with Gasteiger partial charge < -0.3 is 27.9 Å². The number of hydrogen-bond donors (Lipinski definition) is 0. The molecule has 2 unspecified atom stereocenters. The van der Waals surface area contributed by atoms with Crippen molar-refractivity contribution in [2.45, 2.75) is 302 Å². The number of allylic oxidation sites excluding steroid dienone is 6. The number of nitrogens with zero attached hydrogens (tertiary/aromatic N) is 1. The van der Waals surface area contributed by atoms with E-state index in [4.69, 9.17) is 18.5 Å². The molecule has 0 bridgehead atoms. The predicted octanol–water partition coefficient (Wildman–Crippen LogP) is 19.0. The smallest absolute Gasteiger partial charge is 0.306 e. The van der Waals surface area contributed by atoms with E-state index in [-0.39, 0.29) is 25.8 Å². The third kappa shape index (κ3) is 59.5. The normalized spacial score (nSPS) is 13.6. The van der Waals surface area contributed by atoms with Crippen LogP contribution >= 0.6 is 7.82 Å². The van der Waals surface area contributed by atoms with Gasteiger partial charge in [-0.05, 0) is 51.4 Å². The molecule has 0 aliphatic carbocycles.